The van der Waals surface area contributed by atoms with Gasteiger partial charge in [0.05, 0.1) is 0 Å². The third kappa shape index (κ3) is 4.10. The molecule has 0 saturated heterocycles. The summed E-state index contributed by atoms with van der Waals surface area (Å²) in [4.78, 5) is 14.3. The summed E-state index contributed by atoms with van der Waals surface area (Å²) in [5.41, 5.74) is 6.97. The lowest BCUT2D eigenvalue weighted by Gasteiger charge is -2.22. The number of thiophene rings is 1. The lowest BCUT2D eigenvalue weighted by atomic mass is 10.1. The highest BCUT2D eigenvalue weighted by molar-refractivity contribution is 7.07. The molecule has 0 aliphatic heterocycles. The molecule has 1 saturated carbocycles. The van der Waals surface area contributed by atoms with Crippen LogP contribution in [-0.4, -0.2) is 22.9 Å². The Morgan fingerprint density at radius 2 is 2.39 bits per heavy atom. The quantitative estimate of drug-likeness (QED) is 0.825. The van der Waals surface area contributed by atoms with Crippen LogP contribution in [-0.2, 0) is 11.3 Å². The van der Waals surface area contributed by atoms with Gasteiger partial charge in [0, 0.05) is 25.0 Å². The molecule has 1 fully saturated rings. The van der Waals surface area contributed by atoms with E-state index < -0.39 is 0 Å². The normalized spacial score (nSPS) is 16.6. The zero-order chi connectivity index (χ0) is 13.0. The molecule has 1 amide bonds. The third-order valence-corrected chi connectivity index (χ3v) is 4.02. The predicted octanol–water partition coefficient (Wildman–Crippen LogP) is 2.76. The van der Waals surface area contributed by atoms with E-state index in [0.29, 0.717) is 18.4 Å². The number of nitrogens with zero attached hydrogens (tertiary/aromatic N) is 1. The number of carbonyl (C=O) groups is 1. The summed E-state index contributed by atoms with van der Waals surface area (Å²) in [6.07, 6.45) is 4.82. The SMILES string of the molecule is CC(N)CCCC(=O)N(Cc1ccsc1)C1CC1. The predicted molar refractivity (Wildman–Crippen MR) is 75.4 cm³/mol. The maximum absolute atomic E-state index is 12.2. The van der Waals surface area contributed by atoms with E-state index in [1.54, 1.807) is 11.3 Å². The maximum atomic E-state index is 12.2. The van der Waals surface area contributed by atoms with Crippen LogP contribution in [0.25, 0.3) is 0 Å². The smallest absolute Gasteiger partial charge is 0.223 e. The molecule has 0 bridgehead atoms. The minimum Gasteiger partial charge on any atom is -0.335 e. The summed E-state index contributed by atoms with van der Waals surface area (Å²) in [5, 5.41) is 4.20. The van der Waals surface area contributed by atoms with Crippen LogP contribution in [0.4, 0.5) is 0 Å². The molecule has 0 spiro atoms. The van der Waals surface area contributed by atoms with Gasteiger partial charge in [-0.25, -0.2) is 0 Å². The lowest BCUT2D eigenvalue weighted by Crippen LogP contribution is -2.32. The fourth-order valence-electron chi connectivity index (χ4n) is 2.11. The van der Waals surface area contributed by atoms with Gasteiger partial charge in [-0.05, 0) is 55.0 Å². The molecule has 1 heterocycles. The van der Waals surface area contributed by atoms with Crippen LogP contribution in [0, 0.1) is 0 Å². The second-order valence-corrected chi connectivity index (χ2v) is 6.03. The zero-order valence-corrected chi connectivity index (χ0v) is 11.8. The first-order chi connectivity index (χ1) is 8.66. The lowest BCUT2D eigenvalue weighted by molar-refractivity contribution is -0.132. The van der Waals surface area contributed by atoms with Crippen LogP contribution in [0.15, 0.2) is 16.8 Å². The van der Waals surface area contributed by atoms with Crippen LogP contribution in [0.3, 0.4) is 0 Å². The topological polar surface area (TPSA) is 46.3 Å². The minimum atomic E-state index is 0.198. The van der Waals surface area contributed by atoms with Gasteiger partial charge in [0.25, 0.3) is 0 Å². The molecular weight excluding hydrogens is 244 g/mol. The van der Waals surface area contributed by atoms with Crippen molar-refractivity contribution in [1.29, 1.82) is 0 Å². The Kier molecular flexibility index (Phi) is 4.78. The van der Waals surface area contributed by atoms with Crippen molar-refractivity contribution < 1.29 is 4.79 Å². The number of amides is 1. The monoisotopic (exact) mass is 266 g/mol. The van der Waals surface area contributed by atoms with E-state index in [1.807, 2.05) is 6.92 Å². The number of hydrogen-bond donors (Lipinski definition) is 1. The second kappa shape index (κ2) is 6.34. The van der Waals surface area contributed by atoms with Crippen molar-refractivity contribution in [3.63, 3.8) is 0 Å². The van der Waals surface area contributed by atoms with Crippen molar-refractivity contribution in [2.75, 3.05) is 0 Å². The van der Waals surface area contributed by atoms with Crippen LogP contribution < -0.4 is 5.73 Å². The van der Waals surface area contributed by atoms with Gasteiger partial charge in [0.1, 0.15) is 0 Å². The van der Waals surface area contributed by atoms with Crippen LogP contribution in [0.1, 0.15) is 44.6 Å². The Labute approximate surface area is 113 Å². The molecule has 1 atom stereocenters. The Balaban J connectivity index is 1.83. The van der Waals surface area contributed by atoms with Crippen molar-refractivity contribution in [2.45, 2.75) is 57.7 Å². The Morgan fingerprint density at radius 1 is 1.61 bits per heavy atom. The molecule has 4 heteroatoms. The average Bonchev–Trinajstić information content (AvgIpc) is 3.02. The van der Waals surface area contributed by atoms with Crippen molar-refractivity contribution in [1.82, 2.24) is 4.90 Å². The first kappa shape index (κ1) is 13.6. The molecule has 1 unspecified atom stereocenters. The van der Waals surface area contributed by atoms with E-state index in [2.05, 4.69) is 21.7 Å². The molecule has 100 valence electrons. The van der Waals surface area contributed by atoms with Crippen LogP contribution in [0.5, 0.6) is 0 Å². The fourth-order valence-corrected chi connectivity index (χ4v) is 2.77. The van der Waals surface area contributed by atoms with E-state index in [0.717, 1.165) is 19.4 Å². The van der Waals surface area contributed by atoms with E-state index in [9.17, 15) is 4.79 Å². The minimum absolute atomic E-state index is 0.198. The van der Waals surface area contributed by atoms with Crippen molar-refractivity contribution in [3.05, 3.63) is 22.4 Å². The van der Waals surface area contributed by atoms with Crippen molar-refractivity contribution in [3.8, 4) is 0 Å². The van der Waals surface area contributed by atoms with E-state index in [4.69, 9.17) is 5.73 Å². The maximum Gasteiger partial charge on any atom is 0.223 e. The summed E-state index contributed by atoms with van der Waals surface area (Å²) in [5.74, 6) is 0.296. The van der Waals surface area contributed by atoms with Crippen molar-refractivity contribution in [2.24, 2.45) is 5.73 Å². The van der Waals surface area contributed by atoms with Crippen LogP contribution in [0.2, 0.25) is 0 Å². The summed E-state index contributed by atoms with van der Waals surface area (Å²) in [7, 11) is 0. The van der Waals surface area contributed by atoms with Gasteiger partial charge in [-0.1, -0.05) is 0 Å². The summed E-state index contributed by atoms with van der Waals surface area (Å²) < 4.78 is 0. The molecule has 2 rings (SSSR count). The Morgan fingerprint density at radius 3 is 2.94 bits per heavy atom. The molecule has 2 N–H and O–H groups in total. The highest BCUT2D eigenvalue weighted by atomic mass is 32.1. The zero-order valence-electron chi connectivity index (χ0n) is 11.0. The average molecular weight is 266 g/mol. The highest BCUT2D eigenvalue weighted by Gasteiger charge is 2.32. The fraction of sp³-hybridized carbons (Fsp3) is 0.643. The molecule has 18 heavy (non-hydrogen) atoms. The number of nitrogens with two attached hydrogens (primary N) is 1. The Hall–Kier alpha value is -0.870. The van der Waals surface area contributed by atoms with E-state index >= 15 is 0 Å². The number of hydrogen-bond acceptors (Lipinski definition) is 3. The van der Waals surface area contributed by atoms with E-state index in [-0.39, 0.29) is 6.04 Å². The standard InChI is InChI=1S/C14H22N2OS/c1-11(15)3-2-4-14(17)16(13-5-6-13)9-12-7-8-18-10-12/h7-8,10-11,13H,2-6,9,15H2,1H3. The summed E-state index contributed by atoms with van der Waals surface area (Å²) >= 11 is 1.69. The molecule has 3 nitrogen and oxygen atoms in total. The number of rotatable bonds is 7. The second-order valence-electron chi connectivity index (χ2n) is 5.25. The first-order valence-electron chi connectivity index (χ1n) is 6.73. The molecule has 0 radical (unpaired) electrons. The van der Waals surface area contributed by atoms with E-state index in [1.165, 1.54) is 18.4 Å². The van der Waals surface area contributed by atoms with Gasteiger partial charge in [0.2, 0.25) is 5.91 Å². The largest absolute Gasteiger partial charge is 0.335 e. The third-order valence-electron chi connectivity index (χ3n) is 3.29. The number of carbonyl (C=O) groups excluding carboxylic acids is 1. The summed E-state index contributed by atoms with van der Waals surface area (Å²) in [6, 6.07) is 2.80. The summed E-state index contributed by atoms with van der Waals surface area (Å²) in [6.45, 7) is 2.78. The molecule has 1 aliphatic rings. The Bertz CT molecular complexity index is 371. The molecule has 1 aromatic heterocycles. The van der Waals surface area contributed by atoms with Crippen molar-refractivity contribution >= 4 is 17.2 Å². The van der Waals surface area contributed by atoms with Gasteiger partial charge in [-0.15, -0.1) is 0 Å². The first-order valence-corrected chi connectivity index (χ1v) is 7.67. The van der Waals surface area contributed by atoms with Gasteiger partial charge >= 0.3 is 0 Å². The van der Waals surface area contributed by atoms with Gasteiger partial charge < -0.3 is 10.6 Å². The molecule has 1 aliphatic carbocycles. The van der Waals surface area contributed by atoms with Gasteiger partial charge in [-0.3, -0.25) is 4.79 Å². The van der Waals surface area contributed by atoms with Crippen LogP contribution >= 0.6 is 11.3 Å². The van der Waals surface area contributed by atoms with Gasteiger partial charge in [0.15, 0.2) is 0 Å². The molecular formula is C14H22N2OS. The molecule has 1 aromatic rings. The molecule has 0 aromatic carbocycles. The van der Waals surface area contributed by atoms with Gasteiger partial charge in [-0.2, -0.15) is 11.3 Å². The highest BCUT2D eigenvalue weighted by Crippen LogP contribution is 2.29.